The van der Waals surface area contributed by atoms with Crippen LogP contribution < -0.4 is 4.72 Å². The van der Waals surface area contributed by atoms with Crippen molar-refractivity contribution in [1.29, 1.82) is 0 Å². The number of rotatable bonds is 3. The highest BCUT2D eigenvalue weighted by Gasteiger charge is 2.34. The van der Waals surface area contributed by atoms with E-state index in [0.29, 0.717) is 10.8 Å². The van der Waals surface area contributed by atoms with E-state index >= 15 is 0 Å². The quantitative estimate of drug-likeness (QED) is 0.884. The first kappa shape index (κ1) is 18.5. The fourth-order valence-electron chi connectivity index (χ4n) is 3.86. The average Bonchev–Trinajstić information content (AvgIpc) is 2.34. The monoisotopic (exact) mass is 337 g/mol. The summed E-state index contributed by atoms with van der Waals surface area (Å²) >= 11 is 0. The molecule has 0 saturated heterocycles. The Labute approximate surface area is 141 Å². The Balaban J connectivity index is 2.16. The molecule has 0 aliphatic heterocycles. The van der Waals surface area contributed by atoms with E-state index in [2.05, 4.69) is 46.3 Å². The lowest BCUT2D eigenvalue weighted by atomic mass is 9.71. The standard InChI is InChI=1S/C19H31NO2S/c1-14-11-16(13-19(5,6)12-14)20-23(21,22)17-9-7-15(8-10-17)18(2,3)4/h7-10,14,16,20H,11-13H2,1-6H3. The van der Waals surface area contributed by atoms with Gasteiger partial charge in [0, 0.05) is 6.04 Å². The molecule has 0 bridgehead atoms. The lowest BCUT2D eigenvalue weighted by Crippen LogP contribution is -2.42. The highest BCUT2D eigenvalue weighted by molar-refractivity contribution is 7.89. The molecule has 0 spiro atoms. The van der Waals surface area contributed by atoms with Gasteiger partial charge in [-0.05, 0) is 53.7 Å². The Kier molecular flexibility index (Phi) is 4.99. The predicted octanol–water partition coefficient (Wildman–Crippen LogP) is 4.48. The lowest BCUT2D eigenvalue weighted by molar-refractivity contribution is 0.163. The van der Waals surface area contributed by atoms with E-state index in [4.69, 9.17) is 0 Å². The topological polar surface area (TPSA) is 46.2 Å². The van der Waals surface area contributed by atoms with E-state index in [1.54, 1.807) is 12.1 Å². The molecule has 23 heavy (non-hydrogen) atoms. The summed E-state index contributed by atoms with van der Waals surface area (Å²) < 4.78 is 28.3. The van der Waals surface area contributed by atoms with Gasteiger partial charge in [-0.15, -0.1) is 0 Å². The molecular formula is C19H31NO2S. The Hall–Kier alpha value is -0.870. The van der Waals surface area contributed by atoms with Gasteiger partial charge in [-0.1, -0.05) is 53.7 Å². The largest absolute Gasteiger partial charge is 0.240 e. The van der Waals surface area contributed by atoms with Gasteiger partial charge in [0.2, 0.25) is 10.0 Å². The maximum Gasteiger partial charge on any atom is 0.240 e. The van der Waals surface area contributed by atoms with Crippen LogP contribution in [-0.2, 0) is 15.4 Å². The second-order valence-corrected chi connectivity index (χ2v) is 10.7. The van der Waals surface area contributed by atoms with Crippen LogP contribution >= 0.6 is 0 Å². The van der Waals surface area contributed by atoms with Crippen LogP contribution in [0.3, 0.4) is 0 Å². The van der Waals surface area contributed by atoms with Crippen LogP contribution in [0.25, 0.3) is 0 Å². The van der Waals surface area contributed by atoms with Gasteiger partial charge in [-0.2, -0.15) is 0 Å². The molecule has 0 heterocycles. The SMILES string of the molecule is CC1CC(NS(=O)(=O)c2ccc(C(C)(C)C)cc2)CC(C)(C)C1. The van der Waals surface area contributed by atoms with E-state index < -0.39 is 10.0 Å². The third kappa shape index (κ3) is 4.80. The Morgan fingerprint density at radius 3 is 2.13 bits per heavy atom. The van der Waals surface area contributed by atoms with Crippen molar-refractivity contribution < 1.29 is 8.42 Å². The summed E-state index contributed by atoms with van der Waals surface area (Å²) in [6, 6.07) is 7.31. The average molecular weight is 338 g/mol. The van der Waals surface area contributed by atoms with Crippen molar-refractivity contribution in [3.05, 3.63) is 29.8 Å². The molecule has 1 aliphatic carbocycles. The summed E-state index contributed by atoms with van der Waals surface area (Å²) in [5.41, 5.74) is 1.36. The van der Waals surface area contributed by atoms with Gasteiger partial charge in [0.25, 0.3) is 0 Å². The van der Waals surface area contributed by atoms with Crippen molar-refractivity contribution in [3.8, 4) is 0 Å². The van der Waals surface area contributed by atoms with E-state index in [1.165, 1.54) is 0 Å². The van der Waals surface area contributed by atoms with Crippen molar-refractivity contribution in [2.24, 2.45) is 11.3 Å². The molecule has 2 rings (SSSR count). The molecule has 0 aromatic heterocycles. The van der Waals surface area contributed by atoms with Crippen molar-refractivity contribution in [2.75, 3.05) is 0 Å². The molecule has 4 heteroatoms. The van der Waals surface area contributed by atoms with Gasteiger partial charge in [0.1, 0.15) is 0 Å². The fourth-order valence-corrected chi connectivity index (χ4v) is 5.11. The minimum atomic E-state index is -3.45. The van der Waals surface area contributed by atoms with Gasteiger partial charge < -0.3 is 0 Å². The molecule has 1 fully saturated rings. The molecule has 2 unspecified atom stereocenters. The first-order valence-corrected chi connectivity index (χ1v) is 10.0. The molecule has 1 N–H and O–H groups in total. The highest BCUT2D eigenvalue weighted by atomic mass is 32.2. The zero-order valence-electron chi connectivity index (χ0n) is 15.3. The van der Waals surface area contributed by atoms with Crippen molar-refractivity contribution >= 4 is 10.0 Å². The molecule has 2 atom stereocenters. The molecule has 1 saturated carbocycles. The van der Waals surface area contributed by atoms with Crippen molar-refractivity contribution in [2.45, 2.75) is 77.2 Å². The molecule has 0 radical (unpaired) electrons. The number of nitrogens with one attached hydrogen (secondary N) is 1. The number of hydrogen-bond donors (Lipinski definition) is 1. The summed E-state index contributed by atoms with van der Waals surface area (Å²) in [7, 11) is -3.45. The first-order valence-electron chi connectivity index (χ1n) is 8.52. The lowest BCUT2D eigenvalue weighted by Gasteiger charge is -2.39. The molecule has 3 nitrogen and oxygen atoms in total. The highest BCUT2D eigenvalue weighted by Crippen LogP contribution is 2.38. The Morgan fingerprint density at radius 1 is 1.09 bits per heavy atom. The van der Waals surface area contributed by atoms with Gasteiger partial charge in [0.15, 0.2) is 0 Å². The predicted molar refractivity (Wildman–Crippen MR) is 96.0 cm³/mol. The van der Waals surface area contributed by atoms with Crippen LogP contribution in [0.5, 0.6) is 0 Å². The van der Waals surface area contributed by atoms with Crippen LogP contribution in [-0.4, -0.2) is 14.5 Å². The molecule has 1 aromatic carbocycles. The van der Waals surface area contributed by atoms with Crippen LogP contribution in [0.2, 0.25) is 0 Å². The van der Waals surface area contributed by atoms with E-state index in [1.807, 2.05) is 12.1 Å². The minimum absolute atomic E-state index is 0.0263. The number of benzene rings is 1. The third-order valence-electron chi connectivity index (χ3n) is 4.74. The fraction of sp³-hybridized carbons (Fsp3) is 0.684. The smallest absolute Gasteiger partial charge is 0.208 e. The summed E-state index contributed by atoms with van der Waals surface area (Å²) in [5.74, 6) is 0.551. The van der Waals surface area contributed by atoms with Gasteiger partial charge in [-0.3, -0.25) is 0 Å². The Morgan fingerprint density at radius 2 is 1.65 bits per heavy atom. The van der Waals surface area contributed by atoms with Crippen molar-refractivity contribution in [3.63, 3.8) is 0 Å². The summed E-state index contributed by atoms with van der Waals surface area (Å²) in [6.45, 7) is 13.0. The van der Waals surface area contributed by atoms with Gasteiger partial charge in [0.05, 0.1) is 4.90 Å². The first-order chi connectivity index (χ1) is 10.4. The van der Waals surface area contributed by atoms with Crippen LogP contribution in [0.15, 0.2) is 29.2 Å². The van der Waals surface area contributed by atoms with Crippen LogP contribution in [0.1, 0.15) is 66.4 Å². The van der Waals surface area contributed by atoms with E-state index in [9.17, 15) is 8.42 Å². The maximum atomic E-state index is 12.7. The molecule has 0 amide bonds. The maximum absolute atomic E-state index is 12.7. The molecular weight excluding hydrogens is 306 g/mol. The Bertz CT molecular complexity index is 639. The van der Waals surface area contributed by atoms with Gasteiger partial charge in [-0.25, -0.2) is 13.1 Å². The van der Waals surface area contributed by atoms with Crippen LogP contribution in [0.4, 0.5) is 0 Å². The van der Waals surface area contributed by atoms with Gasteiger partial charge >= 0.3 is 0 Å². The van der Waals surface area contributed by atoms with Crippen molar-refractivity contribution in [1.82, 2.24) is 4.72 Å². The van der Waals surface area contributed by atoms with E-state index in [-0.39, 0.29) is 16.9 Å². The molecule has 1 aliphatic rings. The second-order valence-electron chi connectivity index (χ2n) is 9.01. The zero-order valence-corrected chi connectivity index (χ0v) is 16.1. The second kappa shape index (κ2) is 6.21. The van der Waals surface area contributed by atoms with Crippen LogP contribution in [0, 0.1) is 11.3 Å². The normalized spacial score (nSPS) is 25.3. The third-order valence-corrected chi connectivity index (χ3v) is 6.28. The number of hydrogen-bond acceptors (Lipinski definition) is 2. The zero-order chi connectivity index (χ0) is 17.5. The minimum Gasteiger partial charge on any atom is -0.208 e. The van der Waals surface area contributed by atoms with E-state index in [0.717, 1.165) is 24.8 Å². The number of sulfonamides is 1. The molecule has 130 valence electrons. The summed E-state index contributed by atoms with van der Waals surface area (Å²) in [4.78, 5) is 0.363. The summed E-state index contributed by atoms with van der Waals surface area (Å²) in [5, 5.41) is 0. The molecule has 1 aromatic rings. The summed E-state index contributed by atoms with van der Waals surface area (Å²) in [6.07, 6.45) is 2.98.